The smallest absolute Gasteiger partial charge is 0.408 e. The summed E-state index contributed by atoms with van der Waals surface area (Å²) in [5.41, 5.74) is -0.708. The van der Waals surface area contributed by atoms with Gasteiger partial charge in [0.25, 0.3) is 0 Å². The van der Waals surface area contributed by atoms with Crippen LogP contribution in [0, 0.1) is 11.8 Å². The largest absolute Gasteiger partial charge is 0.444 e. The molecule has 1 aliphatic heterocycles. The number of aldehydes is 1. The molecule has 0 unspecified atom stereocenters. The molecule has 2 N–H and O–H groups in total. The maximum atomic E-state index is 13.3. The summed E-state index contributed by atoms with van der Waals surface area (Å²) < 4.78 is 31.3. The second-order valence-corrected chi connectivity index (χ2v) is 10.7. The highest BCUT2D eigenvalue weighted by Gasteiger charge is 2.44. The quantitative estimate of drug-likeness (QED) is 0.556. The summed E-state index contributed by atoms with van der Waals surface area (Å²) in [6, 6.07) is -2.02. The number of sulfonamides is 1. The number of nitrogens with zero attached hydrogens (tertiary/aromatic N) is 1. The average molecular weight is 434 g/mol. The van der Waals surface area contributed by atoms with Crippen LogP contribution in [0.15, 0.2) is 0 Å². The van der Waals surface area contributed by atoms with Crippen molar-refractivity contribution in [3.8, 4) is 0 Å². The third kappa shape index (κ3) is 7.58. The van der Waals surface area contributed by atoms with Crippen LogP contribution in [0.4, 0.5) is 4.79 Å². The summed E-state index contributed by atoms with van der Waals surface area (Å²) in [5.74, 6) is -1.10. The van der Waals surface area contributed by atoms with E-state index < -0.39 is 45.8 Å². The highest BCUT2D eigenvalue weighted by atomic mass is 32.2. The lowest BCUT2D eigenvalue weighted by Gasteiger charge is -2.35. The van der Waals surface area contributed by atoms with E-state index in [1.54, 1.807) is 34.6 Å². The van der Waals surface area contributed by atoms with Crippen LogP contribution in [-0.4, -0.2) is 68.1 Å². The molecule has 0 bridgehead atoms. The van der Waals surface area contributed by atoms with E-state index in [1.807, 2.05) is 6.92 Å². The zero-order valence-corrected chi connectivity index (χ0v) is 19.2. The molecule has 2 amide bonds. The fourth-order valence-corrected chi connectivity index (χ4v) is 4.36. The van der Waals surface area contributed by atoms with Crippen molar-refractivity contribution in [2.75, 3.05) is 12.8 Å². The minimum absolute atomic E-state index is 0.228. The molecule has 0 aromatic carbocycles. The number of carbonyl (C=O) groups is 3. The Kier molecular flexibility index (Phi) is 8.64. The molecular formula is C19H35N3O6S. The predicted molar refractivity (Wildman–Crippen MR) is 110 cm³/mol. The minimum atomic E-state index is -3.51. The molecule has 168 valence electrons. The van der Waals surface area contributed by atoms with Crippen molar-refractivity contribution >= 4 is 28.3 Å². The predicted octanol–water partition coefficient (Wildman–Crippen LogP) is 1.28. The van der Waals surface area contributed by atoms with Gasteiger partial charge in [0.05, 0.1) is 12.3 Å². The maximum Gasteiger partial charge on any atom is 0.408 e. The van der Waals surface area contributed by atoms with Gasteiger partial charge >= 0.3 is 6.09 Å². The average Bonchev–Trinajstić information content (AvgIpc) is 2.93. The minimum Gasteiger partial charge on any atom is -0.444 e. The van der Waals surface area contributed by atoms with E-state index in [0.717, 1.165) is 12.5 Å². The first-order valence-electron chi connectivity index (χ1n) is 9.92. The molecule has 0 saturated carbocycles. The first-order valence-corrected chi connectivity index (χ1v) is 11.8. The van der Waals surface area contributed by atoms with Gasteiger partial charge in [0.1, 0.15) is 17.9 Å². The van der Waals surface area contributed by atoms with E-state index in [-0.39, 0.29) is 11.8 Å². The van der Waals surface area contributed by atoms with Gasteiger partial charge in [-0.2, -0.15) is 0 Å². The van der Waals surface area contributed by atoms with Crippen molar-refractivity contribution in [1.82, 2.24) is 14.9 Å². The fraction of sp³-hybridized carbons (Fsp3) is 0.842. The Labute approximate surface area is 174 Å². The summed E-state index contributed by atoms with van der Waals surface area (Å²) in [5, 5.41) is 2.63. The van der Waals surface area contributed by atoms with Gasteiger partial charge in [-0.05, 0) is 39.5 Å². The number of nitrogens with one attached hydrogen (secondary N) is 2. The van der Waals surface area contributed by atoms with Gasteiger partial charge in [-0.1, -0.05) is 20.8 Å². The molecule has 0 aromatic rings. The molecule has 4 atom stereocenters. The zero-order valence-electron chi connectivity index (χ0n) is 18.4. The molecule has 1 rings (SSSR count). The van der Waals surface area contributed by atoms with Crippen molar-refractivity contribution in [2.45, 2.75) is 78.1 Å². The molecule has 0 spiro atoms. The molecule has 10 heteroatoms. The highest BCUT2D eigenvalue weighted by Crippen LogP contribution is 2.28. The Hall–Kier alpha value is -1.68. The van der Waals surface area contributed by atoms with Gasteiger partial charge in [0.2, 0.25) is 15.9 Å². The summed E-state index contributed by atoms with van der Waals surface area (Å²) in [4.78, 5) is 38.7. The molecule has 0 aromatic heterocycles. The summed E-state index contributed by atoms with van der Waals surface area (Å²) >= 11 is 0. The van der Waals surface area contributed by atoms with Crippen molar-refractivity contribution in [1.29, 1.82) is 0 Å². The lowest BCUT2D eigenvalue weighted by Crippen LogP contribution is -2.57. The fourth-order valence-electron chi connectivity index (χ4n) is 3.55. The van der Waals surface area contributed by atoms with Crippen LogP contribution in [0.2, 0.25) is 0 Å². The summed E-state index contributed by atoms with van der Waals surface area (Å²) in [6.45, 7) is 10.9. The van der Waals surface area contributed by atoms with E-state index in [2.05, 4.69) is 10.0 Å². The molecule has 1 saturated heterocycles. The number of carbonyl (C=O) groups excluding carboxylic acids is 3. The Morgan fingerprint density at radius 2 is 1.86 bits per heavy atom. The second-order valence-electron chi connectivity index (χ2n) is 8.88. The van der Waals surface area contributed by atoms with Crippen LogP contribution in [-0.2, 0) is 24.3 Å². The van der Waals surface area contributed by atoms with Gasteiger partial charge in [-0.25, -0.2) is 17.9 Å². The number of hydrogen-bond donors (Lipinski definition) is 2. The molecule has 0 aliphatic carbocycles. The van der Waals surface area contributed by atoms with E-state index in [4.69, 9.17) is 4.74 Å². The monoisotopic (exact) mass is 433 g/mol. The van der Waals surface area contributed by atoms with Gasteiger partial charge in [0.15, 0.2) is 0 Å². The molecule has 1 aliphatic rings. The summed E-state index contributed by atoms with van der Waals surface area (Å²) in [7, 11) is -3.51. The van der Waals surface area contributed by atoms with E-state index in [9.17, 15) is 22.8 Å². The van der Waals surface area contributed by atoms with Crippen LogP contribution in [0.3, 0.4) is 0 Å². The van der Waals surface area contributed by atoms with Crippen LogP contribution in [0.1, 0.15) is 54.4 Å². The van der Waals surface area contributed by atoms with Crippen molar-refractivity contribution in [3.05, 3.63) is 0 Å². The highest BCUT2D eigenvalue weighted by molar-refractivity contribution is 7.88. The molecule has 0 radical (unpaired) electrons. The lowest BCUT2D eigenvalue weighted by molar-refractivity contribution is -0.137. The van der Waals surface area contributed by atoms with Gasteiger partial charge in [0, 0.05) is 18.5 Å². The Balaban J connectivity index is 3.12. The number of alkyl carbamates (subject to hydrolysis) is 1. The molecule has 1 fully saturated rings. The van der Waals surface area contributed by atoms with Gasteiger partial charge in [-0.15, -0.1) is 0 Å². The normalized spacial score (nSPS) is 22.3. The number of ether oxygens (including phenoxy) is 1. The summed E-state index contributed by atoms with van der Waals surface area (Å²) in [6.07, 6.45) is 1.97. The van der Waals surface area contributed by atoms with Gasteiger partial charge < -0.3 is 19.7 Å². The first-order chi connectivity index (χ1) is 13.2. The lowest BCUT2D eigenvalue weighted by atomic mass is 9.92. The van der Waals surface area contributed by atoms with E-state index in [0.29, 0.717) is 19.4 Å². The van der Waals surface area contributed by atoms with Crippen LogP contribution >= 0.6 is 0 Å². The van der Waals surface area contributed by atoms with Crippen molar-refractivity contribution < 1.29 is 27.5 Å². The number of hydrogen-bond acceptors (Lipinski definition) is 6. The molecule has 9 nitrogen and oxygen atoms in total. The molecule has 1 heterocycles. The first kappa shape index (κ1) is 25.4. The third-order valence-corrected chi connectivity index (χ3v) is 5.52. The maximum absolute atomic E-state index is 13.3. The number of amides is 2. The zero-order chi connectivity index (χ0) is 22.6. The second kappa shape index (κ2) is 9.88. The molecule has 29 heavy (non-hydrogen) atoms. The third-order valence-electron chi connectivity index (χ3n) is 4.79. The van der Waals surface area contributed by atoms with Crippen LogP contribution < -0.4 is 10.0 Å². The Bertz CT molecular complexity index is 701. The van der Waals surface area contributed by atoms with E-state index in [1.165, 1.54) is 4.90 Å². The van der Waals surface area contributed by atoms with Crippen LogP contribution in [0.25, 0.3) is 0 Å². The number of rotatable bonds is 8. The number of likely N-dealkylation sites (tertiary alicyclic amines) is 1. The van der Waals surface area contributed by atoms with Crippen LogP contribution in [0.5, 0.6) is 0 Å². The van der Waals surface area contributed by atoms with Crippen molar-refractivity contribution in [3.63, 3.8) is 0 Å². The SMILES string of the molecule is CC[C@H](C=O)[C@@H]1[C@@H](NS(C)(=O)=O)CCN1C(=O)[C@@H](NC(=O)OC(C)(C)C)C(C)C. The topological polar surface area (TPSA) is 122 Å². The van der Waals surface area contributed by atoms with E-state index >= 15 is 0 Å². The Morgan fingerprint density at radius 1 is 1.28 bits per heavy atom. The van der Waals surface area contributed by atoms with Gasteiger partial charge in [-0.3, -0.25) is 4.79 Å². The molecular weight excluding hydrogens is 398 g/mol. The Morgan fingerprint density at radius 3 is 2.28 bits per heavy atom. The van der Waals surface area contributed by atoms with Crippen molar-refractivity contribution in [2.24, 2.45) is 11.8 Å². The standard InChI is InChI=1S/C19H35N3O6S/c1-8-13(11-23)16-14(21-29(7,26)27)9-10-22(16)17(24)15(12(2)3)20-18(25)28-19(4,5)6/h11-16,21H,8-10H2,1-7H3,(H,20,25)/t13-,14+,15+,16-/m1/s1.